The van der Waals surface area contributed by atoms with Gasteiger partial charge in [-0.15, -0.1) is 0 Å². The molecule has 25 heavy (non-hydrogen) atoms. The third kappa shape index (κ3) is 10.4. The maximum atomic E-state index is 10.6. The van der Waals surface area contributed by atoms with Crippen LogP contribution in [0.15, 0.2) is 0 Å². The molecule has 0 aliphatic heterocycles. The molecule has 5 unspecified atom stereocenters. The van der Waals surface area contributed by atoms with Crippen molar-refractivity contribution in [2.75, 3.05) is 6.61 Å². The number of hydrogen-bond donors (Lipinski definition) is 4. The van der Waals surface area contributed by atoms with Gasteiger partial charge in [0.1, 0.15) is 0 Å². The minimum atomic E-state index is -0.604. The Morgan fingerprint density at radius 1 is 0.840 bits per heavy atom. The van der Waals surface area contributed by atoms with Gasteiger partial charge in [0, 0.05) is 0 Å². The second kappa shape index (κ2) is 13.1. The molecule has 0 aromatic rings. The second-order valence-corrected chi connectivity index (χ2v) is 7.44. The van der Waals surface area contributed by atoms with Crippen molar-refractivity contribution in [3.05, 3.63) is 0 Å². The molecule has 6 nitrogen and oxygen atoms in total. The maximum Gasteiger partial charge on any atom is 0.306 e. The summed E-state index contributed by atoms with van der Waals surface area (Å²) >= 11 is 0. The van der Waals surface area contributed by atoms with Gasteiger partial charge in [-0.1, -0.05) is 39.5 Å². The average Bonchev–Trinajstić information content (AvgIpc) is 2.56. The number of aliphatic hydroxyl groups is 2. The number of carboxylic acids is 2. The van der Waals surface area contributed by atoms with Crippen LogP contribution in [0.5, 0.6) is 0 Å². The van der Waals surface area contributed by atoms with Crippen molar-refractivity contribution in [3.63, 3.8) is 0 Å². The summed E-state index contributed by atoms with van der Waals surface area (Å²) < 4.78 is 0. The molecule has 4 N–H and O–H groups in total. The minimum Gasteiger partial charge on any atom is -0.481 e. The van der Waals surface area contributed by atoms with Crippen LogP contribution in [-0.2, 0) is 9.59 Å². The van der Waals surface area contributed by atoms with Gasteiger partial charge in [0.15, 0.2) is 0 Å². The first-order valence-corrected chi connectivity index (χ1v) is 9.45. The van der Waals surface area contributed by atoms with E-state index in [2.05, 4.69) is 0 Å². The van der Waals surface area contributed by atoms with E-state index in [1.54, 1.807) is 0 Å². The fourth-order valence-corrected chi connectivity index (χ4v) is 3.37. The van der Waals surface area contributed by atoms with Crippen LogP contribution in [0, 0.1) is 23.7 Å². The molecule has 148 valence electrons. The smallest absolute Gasteiger partial charge is 0.306 e. The SMILES string of the molecule is CC(O)CO.CC1CCCCC1C(=O)O.CC1CCCCC1C(=O)O. The van der Waals surface area contributed by atoms with Crippen molar-refractivity contribution in [2.45, 2.75) is 78.2 Å². The summed E-state index contributed by atoms with van der Waals surface area (Å²) in [6, 6.07) is 0. The summed E-state index contributed by atoms with van der Waals surface area (Å²) in [7, 11) is 0. The van der Waals surface area contributed by atoms with Crippen LogP contribution in [0.4, 0.5) is 0 Å². The van der Waals surface area contributed by atoms with Crippen LogP contribution < -0.4 is 0 Å². The van der Waals surface area contributed by atoms with Gasteiger partial charge >= 0.3 is 11.9 Å². The molecule has 2 rings (SSSR count). The van der Waals surface area contributed by atoms with Gasteiger partial charge in [-0.05, 0) is 44.4 Å². The van der Waals surface area contributed by atoms with Crippen molar-refractivity contribution < 1.29 is 30.0 Å². The van der Waals surface area contributed by atoms with Crippen molar-refractivity contribution in [1.82, 2.24) is 0 Å². The first-order valence-electron chi connectivity index (χ1n) is 9.45. The Morgan fingerprint density at radius 2 is 1.12 bits per heavy atom. The lowest BCUT2D eigenvalue weighted by atomic mass is 9.81. The number of carboxylic acid groups (broad SMARTS) is 2. The summed E-state index contributed by atoms with van der Waals surface area (Å²) in [5.74, 6) is -0.542. The first-order chi connectivity index (χ1) is 11.7. The Hall–Kier alpha value is -1.14. The molecule has 2 aliphatic rings. The lowest BCUT2D eigenvalue weighted by Crippen LogP contribution is -2.24. The summed E-state index contributed by atoms with van der Waals surface area (Å²) in [6.07, 6.45) is 8.02. The molecule has 0 bridgehead atoms. The lowest BCUT2D eigenvalue weighted by molar-refractivity contribution is -0.145. The highest BCUT2D eigenvalue weighted by atomic mass is 16.4. The third-order valence-electron chi connectivity index (χ3n) is 5.12. The second-order valence-electron chi connectivity index (χ2n) is 7.44. The Labute approximate surface area is 151 Å². The van der Waals surface area contributed by atoms with E-state index in [0.29, 0.717) is 11.8 Å². The zero-order chi connectivity index (χ0) is 19.4. The van der Waals surface area contributed by atoms with Gasteiger partial charge in [0.2, 0.25) is 0 Å². The Bertz CT molecular complexity index is 350. The quantitative estimate of drug-likeness (QED) is 0.614. The highest BCUT2D eigenvalue weighted by Crippen LogP contribution is 2.30. The molecule has 6 heteroatoms. The average molecular weight is 360 g/mol. The van der Waals surface area contributed by atoms with E-state index in [9.17, 15) is 9.59 Å². The van der Waals surface area contributed by atoms with Gasteiger partial charge in [0.05, 0.1) is 24.5 Å². The van der Waals surface area contributed by atoms with E-state index in [-0.39, 0.29) is 18.4 Å². The fraction of sp³-hybridized carbons (Fsp3) is 0.895. The van der Waals surface area contributed by atoms with E-state index in [0.717, 1.165) is 38.5 Å². The number of aliphatic hydroxyl groups excluding tert-OH is 2. The van der Waals surface area contributed by atoms with Crippen LogP contribution in [0.25, 0.3) is 0 Å². The molecule has 2 aliphatic carbocycles. The molecule has 0 aromatic carbocycles. The molecular weight excluding hydrogens is 324 g/mol. The predicted molar refractivity (Wildman–Crippen MR) is 96.3 cm³/mol. The highest BCUT2D eigenvalue weighted by Gasteiger charge is 2.27. The van der Waals surface area contributed by atoms with Crippen molar-refractivity contribution >= 4 is 11.9 Å². The number of rotatable bonds is 3. The standard InChI is InChI=1S/2C8H14O2.C3H8O2/c2*1-6-4-2-3-5-7(6)8(9)10;1-3(5)2-4/h2*6-7H,2-5H2,1H3,(H,9,10);3-5H,2H2,1H3. The van der Waals surface area contributed by atoms with Crippen LogP contribution in [0.1, 0.15) is 72.1 Å². The Kier molecular flexibility index (Phi) is 12.5. The molecular formula is C19H36O6. The molecule has 2 saturated carbocycles. The normalized spacial score (nSPS) is 30.0. The summed E-state index contributed by atoms with van der Waals surface area (Å²) in [5.41, 5.74) is 0. The topological polar surface area (TPSA) is 115 Å². The summed E-state index contributed by atoms with van der Waals surface area (Å²) in [6.45, 7) is 5.47. The largest absolute Gasteiger partial charge is 0.481 e. The van der Waals surface area contributed by atoms with E-state index in [1.807, 2.05) is 13.8 Å². The number of aliphatic carboxylic acids is 2. The zero-order valence-corrected chi connectivity index (χ0v) is 15.9. The van der Waals surface area contributed by atoms with E-state index < -0.39 is 18.0 Å². The molecule has 0 spiro atoms. The van der Waals surface area contributed by atoms with Crippen LogP contribution in [-0.4, -0.2) is 45.1 Å². The first kappa shape index (κ1) is 23.9. The highest BCUT2D eigenvalue weighted by molar-refractivity contribution is 5.70. The zero-order valence-electron chi connectivity index (χ0n) is 15.9. The molecule has 5 atom stereocenters. The van der Waals surface area contributed by atoms with Crippen LogP contribution in [0.3, 0.4) is 0 Å². The monoisotopic (exact) mass is 360 g/mol. The van der Waals surface area contributed by atoms with Crippen LogP contribution >= 0.6 is 0 Å². The summed E-state index contributed by atoms with van der Waals surface area (Å²) in [4.78, 5) is 21.1. The molecule has 2 fully saturated rings. The molecule has 0 aromatic heterocycles. The molecule has 0 amide bonds. The minimum absolute atomic E-state index is 0.0613. The van der Waals surface area contributed by atoms with Crippen LogP contribution in [0.2, 0.25) is 0 Å². The molecule has 0 heterocycles. The van der Waals surface area contributed by atoms with Gasteiger partial charge in [-0.2, -0.15) is 0 Å². The Balaban J connectivity index is 0.000000368. The maximum absolute atomic E-state index is 10.6. The summed E-state index contributed by atoms with van der Waals surface area (Å²) in [5, 5.41) is 33.4. The van der Waals surface area contributed by atoms with Crippen molar-refractivity contribution in [1.29, 1.82) is 0 Å². The van der Waals surface area contributed by atoms with Crippen molar-refractivity contribution in [3.8, 4) is 0 Å². The fourth-order valence-electron chi connectivity index (χ4n) is 3.37. The number of hydrogen-bond acceptors (Lipinski definition) is 4. The van der Waals surface area contributed by atoms with E-state index in [1.165, 1.54) is 19.8 Å². The van der Waals surface area contributed by atoms with E-state index >= 15 is 0 Å². The lowest BCUT2D eigenvalue weighted by Gasteiger charge is -2.24. The number of carbonyl (C=O) groups is 2. The van der Waals surface area contributed by atoms with Gasteiger partial charge in [0.25, 0.3) is 0 Å². The van der Waals surface area contributed by atoms with E-state index in [4.69, 9.17) is 20.4 Å². The van der Waals surface area contributed by atoms with Crippen molar-refractivity contribution in [2.24, 2.45) is 23.7 Å². The van der Waals surface area contributed by atoms with Gasteiger partial charge < -0.3 is 20.4 Å². The van der Waals surface area contributed by atoms with Gasteiger partial charge in [-0.25, -0.2) is 0 Å². The molecule has 0 radical (unpaired) electrons. The van der Waals surface area contributed by atoms with Gasteiger partial charge in [-0.3, -0.25) is 9.59 Å². The molecule has 0 saturated heterocycles. The Morgan fingerprint density at radius 3 is 1.28 bits per heavy atom. The predicted octanol–water partition coefficient (Wildman–Crippen LogP) is 3.15. The third-order valence-corrected chi connectivity index (χ3v) is 5.12.